The second-order valence-corrected chi connectivity index (χ2v) is 5.90. The number of nitrogens with two attached hydrogens (primary N) is 1. The Morgan fingerprint density at radius 3 is 2.47 bits per heavy atom. The van der Waals surface area contributed by atoms with E-state index < -0.39 is 5.82 Å². The fourth-order valence-electron chi connectivity index (χ4n) is 1.78. The Labute approximate surface area is 129 Å². The lowest BCUT2D eigenvalue weighted by molar-refractivity contribution is 0.626. The van der Waals surface area contributed by atoms with E-state index >= 15 is 0 Å². The zero-order valence-corrected chi connectivity index (χ0v) is 12.9. The third kappa shape index (κ3) is 3.69. The van der Waals surface area contributed by atoms with Gasteiger partial charge in [0.05, 0.1) is 10.0 Å². The SMILES string of the molecule is NC(Cc1ccc(F)c(Cl)c1)c1ccc(Cl)c(Br)c1. The maximum atomic E-state index is 13.1. The third-order valence-electron chi connectivity index (χ3n) is 2.81. The number of benzene rings is 2. The molecule has 0 aliphatic heterocycles. The van der Waals surface area contributed by atoms with Crippen LogP contribution < -0.4 is 5.73 Å². The second kappa shape index (κ2) is 6.23. The first-order chi connectivity index (χ1) is 8.97. The molecule has 2 N–H and O–H groups in total. The zero-order chi connectivity index (χ0) is 14.0. The maximum absolute atomic E-state index is 13.1. The molecule has 1 atom stereocenters. The third-order valence-corrected chi connectivity index (χ3v) is 4.32. The van der Waals surface area contributed by atoms with E-state index in [1.807, 2.05) is 12.1 Å². The van der Waals surface area contributed by atoms with Gasteiger partial charge in [0.15, 0.2) is 0 Å². The highest BCUT2D eigenvalue weighted by atomic mass is 79.9. The predicted molar refractivity (Wildman–Crippen MR) is 81.2 cm³/mol. The van der Waals surface area contributed by atoms with Crippen molar-refractivity contribution in [2.75, 3.05) is 0 Å². The van der Waals surface area contributed by atoms with E-state index in [9.17, 15) is 4.39 Å². The van der Waals surface area contributed by atoms with Gasteiger partial charge in [-0.05, 0) is 57.7 Å². The van der Waals surface area contributed by atoms with E-state index in [1.54, 1.807) is 18.2 Å². The molecule has 0 aromatic heterocycles. The summed E-state index contributed by atoms with van der Waals surface area (Å²) in [6.07, 6.45) is 0.577. The minimum absolute atomic E-state index is 0.113. The van der Waals surface area contributed by atoms with Gasteiger partial charge >= 0.3 is 0 Å². The van der Waals surface area contributed by atoms with Crippen molar-refractivity contribution in [3.63, 3.8) is 0 Å². The van der Waals surface area contributed by atoms with E-state index in [1.165, 1.54) is 6.07 Å². The first kappa shape index (κ1) is 14.8. The Morgan fingerprint density at radius 2 is 1.84 bits per heavy atom. The van der Waals surface area contributed by atoms with Gasteiger partial charge in [0.2, 0.25) is 0 Å². The number of hydrogen-bond donors (Lipinski definition) is 1. The van der Waals surface area contributed by atoms with Gasteiger partial charge in [0.25, 0.3) is 0 Å². The lowest BCUT2D eigenvalue weighted by Crippen LogP contribution is -2.13. The lowest BCUT2D eigenvalue weighted by atomic mass is 10.00. The Balaban J connectivity index is 2.17. The topological polar surface area (TPSA) is 26.0 Å². The largest absolute Gasteiger partial charge is 0.324 e. The van der Waals surface area contributed by atoms with Crippen molar-refractivity contribution in [2.45, 2.75) is 12.5 Å². The molecule has 0 aliphatic rings. The Bertz CT molecular complexity index is 604. The van der Waals surface area contributed by atoms with E-state index in [-0.39, 0.29) is 11.1 Å². The summed E-state index contributed by atoms with van der Waals surface area (Å²) in [5, 5.41) is 0.753. The molecule has 0 bridgehead atoms. The van der Waals surface area contributed by atoms with Crippen LogP contribution in [0.1, 0.15) is 17.2 Å². The summed E-state index contributed by atoms with van der Waals surface area (Å²) in [5.74, 6) is -0.423. The van der Waals surface area contributed by atoms with Crippen LogP contribution in [0.25, 0.3) is 0 Å². The van der Waals surface area contributed by atoms with Gasteiger partial charge in [-0.15, -0.1) is 0 Å². The van der Waals surface area contributed by atoms with Crippen LogP contribution in [0, 0.1) is 5.82 Å². The van der Waals surface area contributed by atoms with Crippen LogP contribution in [0.3, 0.4) is 0 Å². The molecule has 2 aromatic carbocycles. The smallest absolute Gasteiger partial charge is 0.141 e. The Kier molecular flexibility index (Phi) is 4.85. The van der Waals surface area contributed by atoms with Crippen LogP contribution >= 0.6 is 39.1 Å². The average molecular weight is 363 g/mol. The van der Waals surface area contributed by atoms with Crippen LogP contribution in [-0.2, 0) is 6.42 Å². The second-order valence-electron chi connectivity index (χ2n) is 4.23. The summed E-state index contributed by atoms with van der Waals surface area (Å²) in [4.78, 5) is 0. The maximum Gasteiger partial charge on any atom is 0.141 e. The van der Waals surface area contributed by atoms with Crippen LogP contribution in [0.5, 0.6) is 0 Å². The molecule has 5 heteroatoms. The molecule has 0 aliphatic carbocycles. The molecule has 2 aromatic rings. The van der Waals surface area contributed by atoms with Crippen LogP contribution in [0.2, 0.25) is 10.0 Å². The summed E-state index contributed by atoms with van der Waals surface area (Å²) in [6.45, 7) is 0. The van der Waals surface area contributed by atoms with Crippen LogP contribution in [-0.4, -0.2) is 0 Å². The molecule has 0 heterocycles. The molecule has 19 heavy (non-hydrogen) atoms. The van der Waals surface area contributed by atoms with Crippen molar-refractivity contribution in [2.24, 2.45) is 5.73 Å². The van der Waals surface area contributed by atoms with E-state index in [0.717, 1.165) is 15.6 Å². The first-order valence-corrected chi connectivity index (χ1v) is 7.16. The van der Waals surface area contributed by atoms with Crippen LogP contribution in [0.4, 0.5) is 4.39 Å². The standard InChI is InChI=1S/C14H11BrCl2FN/c15-10-7-9(2-3-11(10)16)14(19)6-8-1-4-13(18)12(17)5-8/h1-5,7,14H,6,19H2. The normalized spacial score (nSPS) is 12.5. The zero-order valence-electron chi connectivity index (χ0n) is 9.84. The van der Waals surface area contributed by atoms with Crippen molar-refractivity contribution in [1.29, 1.82) is 0 Å². The highest BCUT2D eigenvalue weighted by molar-refractivity contribution is 9.10. The van der Waals surface area contributed by atoms with Crippen molar-refractivity contribution in [3.05, 3.63) is 67.9 Å². The fraction of sp³-hybridized carbons (Fsp3) is 0.143. The van der Waals surface area contributed by atoms with Gasteiger partial charge in [-0.2, -0.15) is 0 Å². The molecular formula is C14H11BrCl2FN. The molecule has 0 amide bonds. The number of rotatable bonds is 3. The molecule has 2 rings (SSSR count). The molecule has 0 fully saturated rings. The lowest BCUT2D eigenvalue weighted by Gasteiger charge is -2.13. The van der Waals surface area contributed by atoms with E-state index in [4.69, 9.17) is 28.9 Å². The van der Waals surface area contributed by atoms with Gasteiger partial charge in [-0.3, -0.25) is 0 Å². The fourth-order valence-corrected chi connectivity index (χ4v) is 2.50. The van der Waals surface area contributed by atoms with Gasteiger partial charge < -0.3 is 5.73 Å². The van der Waals surface area contributed by atoms with Crippen molar-refractivity contribution >= 4 is 39.1 Å². The summed E-state index contributed by atoms with van der Waals surface area (Å²) in [5.41, 5.74) is 7.98. The highest BCUT2D eigenvalue weighted by Crippen LogP contribution is 2.27. The summed E-state index contributed by atoms with van der Waals surface area (Å²) in [6, 6.07) is 9.99. The minimum atomic E-state index is -0.423. The van der Waals surface area contributed by atoms with E-state index in [0.29, 0.717) is 11.4 Å². The molecule has 100 valence electrons. The Morgan fingerprint density at radius 1 is 1.11 bits per heavy atom. The average Bonchev–Trinajstić information content (AvgIpc) is 2.37. The van der Waals surface area contributed by atoms with Gasteiger partial charge in [0.1, 0.15) is 5.82 Å². The van der Waals surface area contributed by atoms with Gasteiger partial charge in [-0.1, -0.05) is 35.3 Å². The summed E-state index contributed by atoms with van der Waals surface area (Å²) < 4.78 is 13.9. The Hall–Kier alpha value is -0.610. The highest BCUT2D eigenvalue weighted by Gasteiger charge is 2.10. The molecule has 0 radical (unpaired) electrons. The minimum Gasteiger partial charge on any atom is -0.324 e. The first-order valence-electron chi connectivity index (χ1n) is 5.62. The molecule has 1 unspecified atom stereocenters. The predicted octanol–water partition coefficient (Wildman–Crippen LogP) is 5.14. The van der Waals surface area contributed by atoms with Crippen molar-refractivity contribution in [3.8, 4) is 0 Å². The quantitative estimate of drug-likeness (QED) is 0.803. The van der Waals surface area contributed by atoms with Crippen molar-refractivity contribution < 1.29 is 4.39 Å². The summed E-state index contributed by atoms with van der Waals surface area (Å²) >= 11 is 15.0. The van der Waals surface area contributed by atoms with E-state index in [2.05, 4.69) is 15.9 Å². The van der Waals surface area contributed by atoms with Gasteiger partial charge in [-0.25, -0.2) is 4.39 Å². The number of halogens is 4. The molecule has 1 nitrogen and oxygen atoms in total. The summed E-state index contributed by atoms with van der Waals surface area (Å²) in [7, 11) is 0. The van der Waals surface area contributed by atoms with Crippen molar-refractivity contribution in [1.82, 2.24) is 0 Å². The number of hydrogen-bond acceptors (Lipinski definition) is 1. The molecular weight excluding hydrogens is 352 g/mol. The monoisotopic (exact) mass is 361 g/mol. The molecule has 0 spiro atoms. The molecule has 0 saturated carbocycles. The molecule has 0 saturated heterocycles. The van der Waals surface area contributed by atoms with Crippen LogP contribution in [0.15, 0.2) is 40.9 Å². The van der Waals surface area contributed by atoms with Gasteiger partial charge in [0, 0.05) is 10.5 Å².